The maximum absolute atomic E-state index is 11.8. The zero-order valence-electron chi connectivity index (χ0n) is 11.4. The fourth-order valence-corrected chi connectivity index (χ4v) is 1.74. The van der Waals surface area contributed by atoms with Gasteiger partial charge in [-0.25, -0.2) is 9.78 Å². The van der Waals surface area contributed by atoms with E-state index in [1.807, 2.05) is 49.0 Å². The molecule has 19 heavy (non-hydrogen) atoms. The molecule has 0 saturated heterocycles. The summed E-state index contributed by atoms with van der Waals surface area (Å²) in [7, 11) is 3.70. The summed E-state index contributed by atoms with van der Waals surface area (Å²) in [5.74, 6) is 0.875. The summed E-state index contributed by atoms with van der Waals surface area (Å²) >= 11 is 0. The molecule has 0 spiro atoms. The molecule has 2 aromatic rings. The van der Waals surface area contributed by atoms with E-state index in [0.29, 0.717) is 6.54 Å². The third kappa shape index (κ3) is 2.93. The fraction of sp³-hybridized carbons (Fsp3) is 0.286. The van der Waals surface area contributed by atoms with E-state index in [-0.39, 0.29) is 6.03 Å². The number of amides is 2. The third-order valence-corrected chi connectivity index (χ3v) is 3.01. The van der Waals surface area contributed by atoms with Crippen molar-refractivity contribution in [2.75, 3.05) is 18.9 Å². The highest BCUT2D eigenvalue weighted by molar-refractivity contribution is 5.89. The van der Waals surface area contributed by atoms with Gasteiger partial charge in [0.2, 0.25) is 0 Å². The summed E-state index contributed by atoms with van der Waals surface area (Å²) in [5.41, 5.74) is 1.75. The van der Waals surface area contributed by atoms with E-state index in [1.54, 1.807) is 18.1 Å². The predicted molar refractivity (Wildman–Crippen MR) is 76.0 cm³/mol. The van der Waals surface area contributed by atoms with Crippen molar-refractivity contribution in [2.24, 2.45) is 7.05 Å². The van der Waals surface area contributed by atoms with Crippen molar-refractivity contribution in [1.29, 1.82) is 0 Å². The first kappa shape index (κ1) is 13.1. The van der Waals surface area contributed by atoms with E-state index >= 15 is 0 Å². The Hall–Kier alpha value is -2.30. The lowest BCUT2D eigenvalue weighted by Gasteiger charge is -2.15. The molecular weight excluding hydrogens is 240 g/mol. The molecule has 1 aromatic heterocycles. The van der Waals surface area contributed by atoms with Crippen LogP contribution in [-0.2, 0) is 7.05 Å². The maximum atomic E-state index is 11.8. The average molecular weight is 258 g/mol. The maximum Gasteiger partial charge on any atom is 0.321 e. The molecule has 0 saturated carbocycles. The average Bonchev–Trinajstić information content (AvgIpc) is 2.84. The highest BCUT2D eigenvalue weighted by atomic mass is 16.2. The molecule has 1 aromatic carbocycles. The number of anilines is 1. The van der Waals surface area contributed by atoms with Gasteiger partial charge < -0.3 is 14.8 Å². The number of aromatic nitrogens is 2. The summed E-state index contributed by atoms with van der Waals surface area (Å²) in [6.07, 6.45) is 3.65. The van der Waals surface area contributed by atoms with Gasteiger partial charge in [0.25, 0.3) is 0 Å². The smallest absolute Gasteiger partial charge is 0.321 e. The van der Waals surface area contributed by atoms with Gasteiger partial charge in [0.05, 0.1) is 0 Å². The van der Waals surface area contributed by atoms with E-state index in [4.69, 9.17) is 0 Å². The minimum Gasteiger partial charge on any atom is -0.334 e. The fourth-order valence-electron chi connectivity index (χ4n) is 1.74. The van der Waals surface area contributed by atoms with Gasteiger partial charge in [-0.3, -0.25) is 0 Å². The van der Waals surface area contributed by atoms with Crippen LogP contribution in [0.4, 0.5) is 10.5 Å². The van der Waals surface area contributed by atoms with Crippen LogP contribution in [0, 0.1) is 0 Å². The van der Waals surface area contributed by atoms with Gasteiger partial charge >= 0.3 is 6.03 Å². The third-order valence-electron chi connectivity index (χ3n) is 3.01. The van der Waals surface area contributed by atoms with Gasteiger partial charge in [0.1, 0.15) is 5.82 Å². The van der Waals surface area contributed by atoms with Crippen LogP contribution < -0.4 is 5.32 Å². The summed E-state index contributed by atoms with van der Waals surface area (Å²) in [5, 5.41) is 2.86. The Bertz CT molecular complexity index is 576. The molecule has 0 atom stereocenters. The Morgan fingerprint density at radius 2 is 2.26 bits per heavy atom. The highest BCUT2D eigenvalue weighted by Gasteiger charge is 2.08. The van der Waals surface area contributed by atoms with E-state index in [0.717, 1.165) is 17.1 Å². The number of nitrogens with one attached hydrogen (secondary N) is 1. The van der Waals surface area contributed by atoms with Crippen molar-refractivity contribution in [3.05, 3.63) is 36.7 Å². The normalized spacial score (nSPS) is 10.3. The summed E-state index contributed by atoms with van der Waals surface area (Å²) in [6, 6.07) is 7.56. The van der Waals surface area contributed by atoms with Gasteiger partial charge in [0.15, 0.2) is 0 Å². The number of aryl methyl sites for hydroxylation is 1. The molecule has 1 N–H and O–H groups in total. The molecule has 0 radical (unpaired) electrons. The molecule has 0 unspecified atom stereocenters. The van der Waals surface area contributed by atoms with E-state index < -0.39 is 0 Å². The summed E-state index contributed by atoms with van der Waals surface area (Å²) in [6.45, 7) is 2.61. The summed E-state index contributed by atoms with van der Waals surface area (Å²) < 4.78 is 1.94. The second-order valence-corrected chi connectivity index (χ2v) is 4.39. The van der Waals surface area contributed by atoms with Crippen molar-refractivity contribution in [1.82, 2.24) is 14.5 Å². The number of carbonyl (C=O) groups is 1. The Kier molecular flexibility index (Phi) is 3.85. The number of hydrogen-bond acceptors (Lipinski definition) is 2. The molecular formula is C14H18N4O. The van der Waals surface area contributed by atoms with E-state index in [2.05, 4.69) is 10.3 Å². The molecule has 0 aliphatic rings. The SMILES string of the molecule is CCN(C)C(=O)Nc1cccc(-c2nccn2C)c1. The topological polar surface area (TPSA) is 50.2 Å². The van der Waals surface area contributed by atoms with Crippen LogP contribution in [-0.4, -0.2) is 34.1 Å². The molecule has 1 heterocycles. The van der Waals surface area contributed by atoms with Crippen molar-refractivity contribution in [2.45, 2.75) is 6.92 Å². The number of hydrogen-bond donors (Lipinski definition) is 1. The number of benzene rings is 1. The Morgan fingerprint density at radius 1 is 1.47 bits per heavy atom. The quantitative estimate of drug-likeness (QED) is 0.920. The number of nitrogens with zero attached hydrogens (tertiary/aromatic N) is 3. The lowest BCUT2D eigenvalue weighted by molar-refractivity contribution is 0.224. The molecule has 0 aliphatic heterocycles. The van der Waals surface area contributed by atoms with Gasteiger partial charge in [-0.15, -0.1) is 0 Å². The van der Waals surface area contributed by atoms with Crippen LogP contribution in [0.15, 0.2) is 36.7 Å². The number of imidazole rings is 1. The molecule has 5 heteroatoms. The lowest BCUT2D eigenvalue weighted by atomic mass is 10.2. The zero-order chi connectivity index (χ0) is 13.8. The Balaban J connectivity index is 2.21. The first-order valence-electron chi connectivity index (χ1n) is 6.21. The van der Waals surface area contributed by atoms with Crippen molar-refractivity contribution >= 4 is 11.7 Å². The minimum atomic E-state index is -0.112. The van der Waals surface area contributed by atoms with Crippen LogP contribution in [0.2, 0.25) is 0 Å². The number of rotatable bonds is 3. The lowest BCUT2D eigenvalue weighted by Crippen LogP contribution is -2.30. The van der Waals surface area contributed by atoms with E-state index in [1.165, 1.54) is 0 Å². The van der Waals surface area contributed by atoms with E-state index in [9.17, 15) is 4.79 Å². The Morgan fingerprint density at radius 3 is 2.89 bits per heavy atom. The summed E-state index contributed by atoms with van der Waals surface area (Å²) in [4.78, 5) is 17.7. The van der Waals surface area contributed by atoms with Crippen LogP contribution in [0.3, 0.4) is 0 Å². The van der Waals surface area contributed by atoms with Crippen molar-refractivity contribution in [3.8, 4) is 11.4 Å². The number of urea groups is 1. The second kappa shape index (κ2) is 5.56. The van der Waals surface area contributed by atoms with Gasteiger partial charge in [-0.05, 0) is 19.1 Å². The van der Waals surface area contributed by atoms with Crippen LogP contribution in [0.1, 0.15) is 6.92 Å². The van der Waals surface area contributed by atoms with Crippen LogP contribution in [0.25, 0.3) is 11.4 Å². The van der Waals surface area contributed by atoms with Crippen LogP contribution in [0.5, 0.6) is 0 Å². The van der Waals surface area contributed by atoms with Gasteiger partial charge in [-0.2, -0.15) is 0 Å². The zero-order valence-corrected chi connectivity index (χ0v) is 11.4. The Labute approximate surface area is 112 Å². The van der Waals surface area contributed by atoms with Crippen molar-refractivity contribution in [3.63, 3.8) is 0 Å². The molecule has 2 rings (SSSR count). The van der Waals surface area contributed by atoms with Crippen molar-refractivity contribution < 1.29 is 4.79 Å². The molecule has 5 nitrogen and oxygen atoms in total. The largest absolute Gasteiger partial charge is 0.334 e. The molecule has 2 amide bonds. The monoisotopic (exact) mass is 258 g/mol. The standard InChI is InChI=1S/C14H18N4O/c1-4-17(2)14(19)16-12-7-5-6-11(10-12)13-15-8-9-18(13)3/h5-10H,4H2,1-3H3,(H,16,19). The second-order valence-electron chi connectivity index (χ2n) is 4.39. The molecule has 100 valence electrons. The van der Waals surface area contributed by atoms with Gasteiger partial charge in [-0.1, -0.05) is 12.1 Å². The first-order chi connectivity index (χ1) is 9.11. The predicted octanol–water partition coefficient (Wildman–Crippen LogP) is 2.57. The first-order valence-corrected chi connectivity index (χ1v) is 6.21. The number of carbonyl (C=O) groups excluding carboxylic acids is 1. The minimum absolute atomic E-state index is 0.112. The molecule has 0 aliphatic carbocycles. The highest BCUT2D eigenvalue weighted by Crippen LogP contribution is 2.20. The molecule has 0 fully saturated rings. The molecule has 0 bridgehead atoms. The van der Waals surface area contributed by atoms with Gasteiger partial charge in [0, 0.05) is 44.3 Å². The van der Waals surface area contributed by atoms with Crippen LogP contribution >= 0.6 is 0 Å².